The van der Waals surface area contributed by atoms with E-state index in [1.165, 1.54) is 12.0 Å². The molecule has 5 rings (SSSR count). The van der Waals surface area contributed by atoms with Gasteiger partial charge < -0.3 is 29.2 Å². The molecule has 1 aliphatic heterocycles. The lowest BCUT2D eigenvalue weighted by Gasteiger charge is -2.41. The van der Waals surface area contributed by atoms with E-state index in [2.05, 4.69) is 31.0 Å². The number of ether oxygens (including phenoxy) is 4. The molecular weight excluding hydrogens is 610 g/mol. The molecule has 2 aliphatic carbocycles. The first kappa shape index (κ1) is 35.3. The van der Waals surface area contributed by atoms with E-state index < -0.39 is 35.7 Å². The van der Waals surface area contributed by atoms with Crippen LogP contribution in [0.4, 0.5) is 4.79 Å². The van der Waals surface area contributed by atoms with Crippen LogP contribution in [-0.4, -0.2) is 72.4 Å². The summed E-state index contributed by atoms with van der Waals surface area (Å²) < 4.78 is 23.7. The van der Waals surface area contributed by atoms with Gasteiger partial charge in [0.2, 0.25) is 11.8 Å². The zero-order valence-corrected chi connectivity index (χ0v) is 29.1. The predicted octanol–water partition coefficient (Wildman–Crippen LogP) is 6.56. The molecule has 10 nitrogen and oxygen atoms in total. The zero-order chi connectivity index (χ0) is 34.3. The monoisotopic (exact) mass is 661 g/mol. The molecule has 10 heteroatoms. The van der Waals surface area contributed by atoms with Crippen LogP contribution in [0.3, 0.4) is 0 Å². The SMILES string of the molecule is CCCC#Cc1c(O[C@@H]2C[C@@H](C(=O)OC)N(C(=O)[C@@H](NC(=O)O[C@@H]3CC3C)C3(C)CCCCC3)C2)nc2ccccc2c1OCCCC. The second-order valence-corrected chi connectivity index (χ2v) is 13.8. The Labute approximate surface area is 284 Å². The van der Waals surface area contributed by atoms with E-state index in [4.69, 9.17) is 23.9 Å². The Balaban J connectivity index is 1.46. The summed E-state index contributed by atoms with van der Waals surface area (Å²) in [6.07, 6.45) is 7.74. The van der Waals surface area contributed by atoms with Crippen LogP contribution in [0.1, 0.15) is 104 Å². The van der Waals surface area contributed by atoms with Crippen molar-refractivity contribution in [2.75, 3.05) is 20.3 Å². The van der Waals surface area contributed by atoms with Gasteiger partial charge in [0.1, 0.15) is 35.6 Å². The molecule has 2 amide bonds. The average Bonchev–Trinajstić information content (AvgIpc) is 3.60. The first-order chi connectivity index (χ1) is 23.2. The molecule has 5 atom stereocenters. The molecule has 2 heterocycles. The van der Waals surface area contributed by atoms with Gasteiger partial charge in [0.05, 0.1) is 25.8 Å². The first-order valence-electron chi connectivity index (χ1n) is 17.8. The third-order valence-corrected chi connectivity index (χ3v) is 9.94. The number of fused-ring (bicyclic) bond motifs is 1. The van der Waals surface area contributed by atoms with Crippen LogP contribution in [0.2, 0.25) is 0 Å². The van der Waals surface area contributed by atoms with Crippen molar-refractivity contribution in [3.8, 4) is 23.5 Å². The van der Waals surface area contributed by atoms with Crippen LogP contribution >= 0.6 is 0 Å². The van der Waals surface area contributed by atoms with Gasteiger partial charge in [-0.2, -0.15) is 0 Å². The lowest BCUT2D eigenvalue weighted by molar-refractivity contribution is -0.153. The maximum Gasteiger partial charge on any atom is 0.408 e. The van der Waals surface area contributed by atoms with E-state index in [-0.39, 0.29) is 25.0 Å². The minimum Gasteiger partial charge on any atom is -0.491 e. The zero-order valence-electron chi connectivity index (χ0n) is 29.1. The molecular formula is C38H51N3O7. The minimum absolute atomic E-state index is 0.115. The second-order valence-electron chi connectivity index (χ2n) is 13.8. The van der Waals surface area contributed by atoms with Gasteiger partial charge in [-0.1, -0.05) is 77.4 Å². The maximum atomic E-state index is 14.5. The summed E-state index contributed by atoms with van der Waals surface area (Å²) in [4.78, 5) is 47.2. The van der Waals surface area contributed by atoms with Crippen molar-refractivity contribution < 1.29 is 33.3 Å². The molecule has 1 saturated heterocycles. The Morgan fingerprint density at radius 1 is 1.10 bits per heavy atom. The lowest BCUT2D eigenvalue weighted by Crippen LogP contribution is -2.58. The summed E-state index contributed by atoms with van der Waals surface area (Å²) in [5.41, 5.74) is 0.771. The number of carbonyl (C=O) groups excluding carboxylic acids is 3. The fourth-order valence-electron chi connectivity index (χ4n) is 6.83. The van der Waals surface area contributed by atoms with Crippen LogP contribution in [0.5, 0.6) is 11.6 Å². The van der Waals surface area contributed by atoms with E-state index in [1.54, 1.807) is 0 Å². The van der Waals surface area contributed by atoms with Crippen LogP contribution in [-0.2, 0) is 19.1 Å². The highest BCUT2D eigenvalue weighted by Crippen LogP contribution is 2.41. The number of nitrogens with one attached hydrogen (secondary N) is 1. The molecule has 0 spiro atoms. The van der Waals surface area contributed by atoms with Gasteiger partial charge >= 0.3 is 12.1 Å². The molecule has 1 aromatic heterocycles. The van der Waals surface area contributed by atoms with Crippen molar-refractivity contribution in [1.29, 1.82) is 0 Å². The fourth-order valence-corrected chi connectivity index (χ4v) is 6.83. The number of likely N-dealkylation sites (tertiary alicyclic amines) is 1. The van der Waals surface area contributed by atoms with Crippen molar-refractivity contribution in [2.45, 2.75) is 123 Å². The number of pyridine rings is 1. The Hall–Kier alpha value is -4.00. The third-order valence-electron chi connectivity index (χ3n) is 9.94. The molecule has 2 saturated carbocycles. The van der Waals surface area contributed by atoms with Crippen LogP contribution < -0.4 is 14.8 Å². The van der Waals surface area contributed by atoms with E-state index in [1.807, 2.05) is 38.1 Å². The van der Waals surface area contributed by atoms with Gasteiger partial charge in [-0.15, -0.1) is 0 Å². The van der Waals surface area contributed by atoms with Gasteiger partial charge in [-0.05, 0) is 55.6 Å². The Morgan fingerprint density at radius 2 is 1.85 bits per heavy atom. The number of carbonyl (C=O) groups is 3. The number of amides is 2. The maximum absolute atomic E-state index is 14.5. The molecule has 2 aromatic rings. The highest BCUT2D eigenvalue weighted by molar-refractivity contribution is 5.91. The molecule has 1 unspecified atom stereocenters. The highest BCUT2D eigenvalue weighted by atomic mass is 16.6. The number of benzene rings is 1. The normalized spacial score (nSPS) is 23.4. The number of aromatic nitrogens is 1. The topological polar surface area (TPSA) is 116 Å². The van der Waals surface area contributed by atoms with Crippen LogP contribution in [0, 0.1) is 23.2 Å². The molecule has 3 aliphatic rings. The largest absolute Gasteiger partial charge is 0.491 e. The molecule has 1 aromatic carbocycles. The first-order valence-corrected chi connectivity index (χ1v) is 17.8. The molecule has 3 fully saturated rings. The predicted molar refractivity (Wildman–Crippen MR) is 183 cm³/mol. The smallest absolute Gasteiger partial charge is 0.408 e. The lowest BCUT2D eigenvalue weighted by atomic mass is 9.70. The molecule has 1 N–H and O–H groups in total. The van der Waals surface area contributed by atoms with Gasteiger partial charge in [0.25, 0.3) is 0 Å². The molecule has 260 valence electrons. The molecule has 0 radical (unpaired) electrons. The van der Waals surface area contributed by atoms with Gasteiger partial charge in [-0.25, -0.2) is 14.6 Å². The third kappa shape index (κ3) is 8.16. The van der Waals surface area contributed by atoms with Crippen molar-refractivity contribution in [3.63, 3.8) is 0 Å². The average molecular weight is 662 g/mol. The summed E-state index contributed by atoms with van der Waals surface area (Å²) in [6.45, 7) is 8.90. The standard InChI is InChI=1S/C38H51N3O7/c1-6-8-11-17-28-32(46-21-9-7-2)27-16-12-13-18-29(27)39-34(28)47-26-23-30(36(43)45-5)41(24-26)35(42)33(38(4)19-14-10-15-20-38)40-37(44)48-31-22-25(31)3/h12-13,16,18,25-26,30-31,33H,6-10,14-15,19-24H2,1-5H3,(H,40,44)/t25?,26-,30+,31-,33-/m1/s1. The number of nitrogens with zero attached hydrogens (tertiary/aromatic N) is 2. The number of esters is 1. The van der Waals surface area contributed by atoms with Crippen molar-refractivity contribution in [2.24, 2.45) is 11.3 Å². The summed E-state index contributed by atoms with van der Waals surface area (Å²) in [7, 11) is 1.32. The highest BCUT2D eigenvalue weighted by Gasteiger charge is 2.49. The second kappa shape index (κ2) is 15.9. The molecule has 48 heavy (non-hydrogen) atoms. The van der Waals surface area contributed by atoms with Gasteiger partial charge in [0, 0.05) is 18.2 Å². The summed E-state index contributed by atoms with van der Waals surface area (Å²) in [5, 5.41) is 3.78. The van der Waals surface area contributed by atoms with E-state index >= 15 is 0 Å². The summed E-state index contributed by atoms with van der Waals surface area (Å²) in [5.74, 6) is 6.88. The Bertz CT molecular complexity index is 1530. The quantitative estimate of drug-likeness (QED) is 0.155. The van der Waals surface area contributed by atoms with E-state index in [9.17, 15) is 14.4 Å². The number of rotatable bonds is 12. The number of alkyl carbamates (subject to hydrolysis) is 1. The van der Waals surface area contributed by atoms with Gasteiger partial charge in [0.15, 0.2) is 0 Å². The summed E-state index contributed by atoms with van der Waals surface area (Å²) in [6, 6.07) is 5.98. The fraction of sp³-hybridized carbons (Fsp3) is 0.632. The number of methoxy groups -OCH3 is 1. The molecule has 0 bridgehead atoms. The van der Waals surface area contributed by atoms with Crippen molar-refractivity contribution in [1.82, 2.24) is 15.2 Å². The number of unbranched alkanes of at least 4 members (excludes halogenated alkanes) is 2. The Kier molecular flexibility index (Phi) is 11.7. The number of hydrogen-bond acceptors (Lipinski definition) is 8. The van der Waals surface area contributed by atoms with Crippen LogP contribution in [0.15, 0.2) is 24.3 Å². The van der Waals surface area contributed by atoms with Gasteiger partial charge in [-0.3, -0.25) is 4.79 Å². The summed E-state index contributed by atoms with van der Waals surface area (Å²) >= 11 is 0. The number of hydrogen-bond donors (Lipinski definition) is 1. The Morgan fingerprint density at radius 3 is 2.54 bits per heavy atom. The minimum atomic E-state index is -0.890. The van der Waals surface area contributed by atoms with E-state index in [0.29, 0.717) is 41.7 Å². The number of para-hydroxylation sites is 1. The van der Waals surface area contributed by atoms with Crippen molar-refractivity contribution in [3.05, 3.63) is 29.8 Å². The van der Waals surface area contributed by atoms with Crippen molar-refractivity contribution >= 4 is 28.9 Å². The van der Waals surface area contributed by atoms with Crippen LogP contribution in [0.25, 0.3) is 10.9 Å². The van der Waals surface area contributed by atoms with E-state index in [0.717, 1.165) is 63.2 Å².